The van der Waals surface area contributed by atoms with E-state index in [1.165, 1.54) is 12.1 Å². The molecule has 3 rings (SSSR count). The Bertz CT molecular complexity index is 626. The SMILES string of the molecule is OC(c1cccc(OC2CC2)c1)c1ccc(F)cc1Br. The van der Waals surface area contributed by atoms with Crippen molar-refractivity contribution in [3.8, 4) is 5.75 Å². The summed E-state index contributed by atoms with van der Waals surface area (Å²) in [5, 5.41) is 10.4. The van der Waals surface area contributed by atoms with Gasteiger partial charge in [0.05, 0.1) is 6.10 Å². The summed E-state index contributed by atoms with van der Waals surface area (Å²) in [5.74, 6) is 0.431. The molecule has 104 valence electrons. The first-order valence-electron chi connectivity index (χ1n) is 6.53. The van der Waals surface area contributed by atoms with E-state index in [0.29, 0.717) is 16.1 Å². The lowest BCUT2D eigenvalue weighted by molar-refractivity contribution is 0.218. The van der Waals surface area contributed by atoms with E-state index in [0.717, 1.165) is 24.2 Å². The number of halogens is 2. The summed E-state index contributed by atoms with van der Waals surface area (Å²) in [6, 6.07) is 11.7. The van der Waals surface area contributed by atoms with Crippen molar-refractivity contribution in [2.75, 3.05) is 0 Å². The van der Waals surface area contributed by atoms with Crippen molar-refractivity contribution in [1.82, 2.24) is 0 Å². The molecule has 0 heterocycles. The van der Waals surface area contributed by atoms with Crippen LogP contribution in [0.1, 0.15) is 30.1 Å². The van der Waals surface area contributed by atoms with Crippen LogP contribution in [0.15, 0.2) is 46.9 Å². The standard InChI is InChI=1S/C16H14BrFO2/c17-15-9-11(18)4-7-14(15)16(19)10-2-1-3-13(8-10)20-12-5-6-12/h1-4,7-9,12,16,19H,5-6H2. The van der Waals surface area contributed by atoms with Crippen LogP contribution in [0.4, 0.5) is 4.39 Å². The van der Waals surface area contributed by atoms with Crippen molar-refractivity contribution in [3.05, 3.63) is 63.9 Å². The Kier molecular flexibility index (Phi) is 3.76. The molecule has 1 N–H and O–H groups in total. The van der Waals surface area contributed by atoms with Gasteiger partial charge >= 0.3 is 0 Å². The van der Waals surface area contributed by atoms with Crippen molar-refractivity contribution >= 4 is 15.9 Å². The Hall–Kier alpha value is -1.39. The Morgan fingerprint density at radius 1 is 1.20 bits per heavy atom. The number of aliphatic hydroxyl groups is 1. The number of hydrogen-bond donors (Lipinski definition) is 1. The number of hydrogen-bond acceptors (Lipinski definition) is 2. The Morgan fingerprint density at radius 2 is 2.00 bits per heavy atom. The predicted octanol–water partition coefficient (Wildman–Crippen LogP) is 4.21. The van der Waals surface area contributed by atoms with E-state index in [1.807, 2.05) is 24.3 Å². The average molecular weight is 337 g/mol. The molecule has 4 heteroatoms. The number of rotatable bonds is 4. The molecule has 1 unspecified atom stereocenters. The molecule has 0 aliphatic heterocycles. The molecule has 0 amide bonds. The number of ether oxygens (including phenoxy) is 1. The molecular weight excluding hydrogens is 323 g/mol. The largest absolute Gasteiger partial charge is 0.490 e. The topological polar surface area (TPSA) is 29.5 Å². The third-order valence-corrected chi connectivity index (χ3v) is 3.94. The van der Waals surface area contributed by atoms with Gasteiger partial charge in [0, 0.05) is 4.47 Å². The first kappa shape index (κ1) is 13.6. The molecule has 0 aromatic heterocycles. The lowest BCUT2D eigenvalue weighted by atomic mass is 10.0. The van der Waals surface area contributed by atoms with Crippen LogP contribution in [0.25, 0.3) is 0 Å². The lowest BCUT2D eigenvalue weighted by Crippen LogP contribution is -2.02. The summed E-state index contributed by atoms with van der Waals surface area (Å²) in [6.07, 6.45) is 1.69. The van der Waals surface area contributed by atoms with E-state index in [2.05, 4.69) is 15.9 Å². The van der Waals surface area contributed by atoms with Crippen LogP contribution in [0.5, 0.6) is 5.75 Å². The molecule has 0 radical (unpaired) electrons. The van der Waals surface area contributed by atoms with Gasteiger partial charge in [0.2, 0.25) is 0 Å². The molecular formula is C16H14BrFO2. The molecule has 0 bridgehead atoms. The van der Waals surface area contributed by atoms with Gasteiger partial charge in [0.1, 0.15) is 17.7 Å². The molecule has 0 spiro atoms. The van der Waals surface area contributed by atoms with E-state index in [4.69, 9.17) is 4.74 Å². The van der Waals surface area contributed by atoms with Gasteiger partial charge in [-0.05, 0) is 48.2 Å². The highest BCUT2D eigenvalue weighted by Crippen LogP contribution is 2.32. The zero-order valence-electron chi connectivity index (χ0n) is 10.7. The second-order valence-electron chi connectivity index (χ2n) is 4.96. The molecule has 1 saturated carbocycles. The van der Waals surface area contributed by atoms with Gasteiger partial charge in [-0.2, -0.15) is 0 Å². The van der Waals surface area contributed by atoms with Crippen LogP contribution in [0.3, 0.4) is 0 Å². The summed E-state index contributed by atoms with van der Waals surface area (Å²) in [5.41, 5.74) is 1.37. The normalized spacial score (nSPS) is 15.9. The third-order valence-electron chi connectivity index (χ3n) is 3.26. The predicted molar refractivity (Wildman–Crippen MR) is 78.3 cm³/mol. The maximum Gasteiger partial charge on any atom is 0.124 e. The fourth-order valence-corrected chi connectivity index (χ4v) is 2.61. The Morgan fingerprint density at radius 3 is 2.70 bits per heavy atom. The highest BCUT2D eigenvalue weighted by molar-refractivity contribution is 9.10. The summed E-state index contributed by atoms with van der Waals surface area (Å²) in [6.45, 7) is 0. The lowest BCUT2D eigenvalue weighted by Gasteiger charge is -2.15. The first-order valence-corrected chi connectivity index (χ1v) is 7.32. The highest BCUT2D eigenvalue weighted by Gasteiger charge is 2.24. The van der Waals surface area contributed by atoms with Crippen molar-refractivity contribution in [2.45, 2.75) is 25.0 Å². The zero-order valence-corrected chi connectivity index (χ0v) is 12.3. The van der Waals surface area contributed by atoms with Crippen LogP contribution in [0, 0.1) is 5.82 Å². The third kappa shape index (κ3) is 3.02. The van der Waals surface area contributed by atoms with Gasteiger partial charge in [0.15, 0.2) is 0 Å². The second kappa shape index (κ2) is 5.54. The van der Waals surface area contributed by atoms with Crippen molar-refractivity contribution in [2.24, 2.45) is 0 Å². The molecule has 20 heavy (non-hydrogen) atoms. The molecule has 0 saturated heterocycles. The molecule has 1 aliphatic carbocycles. The van der Waals surface area contributed by atoms with Crippen LogP contribution in [0.2, 0.25) is 0 Å². The van der Waals surface area contributed by atoms with Gasteiger partial charge < -0.3 is 9.84 Å². The van der Waals surface area contributed by atoms with Gasteiger partial charge in [-0.25, -0.2) is 4.39 Å². The molecule has 1 fully saturated rings. The minimum absolute atomic E-state index is 0.319. The van der Waals surface area contributed by atoms with Crippen LogP contribution < -0.4 is 4.74 Å². The molecule has 2 nitrogen and oxygen atoms in total. The van der Waals surface area contributed by atoms with E-state index < -0.39 is 6.10 Å². The molecule has 1 aliphatic rings. The fourth-order valence-electron chi connectivity index (χ4n) is 2.04. The van der Waals surface area contributed by atoms with Gasteiger partial charge in [-0.3, -0.25) is 0 Å². The number of aliphatic hydroxyl groups excluding tert-OH is 1. The smallest absolute Gasteiger partial charge is 0.124 e. The van der Waals surface area contributed by atoms with Crippen molar-refractivity contribution in [3.63, 3.8) is 0 Å². The minimum Gasteiger partial charge on any atom is -0.490 e. The maximum atomic E-state index is 13.1. The van der Waals surface area contributed by atoms with Crippen LogP contribution in [-0.4, -0.2) is 11.2 Å². The molecule has 2 aromatic carbocycles. The summed E-state index contributed by atoms with van der Waals surface area (Å²) < 4.78 is 19.4. The summed E-state index contributed by atoms with van der Waals surface area (Å²) >= 11 is 3.28. The van der Waals surface area contributed by atoms with E-state index in [1.54, 1.807) is 6.07 Å². The van der Waals surface area contributed by atoms with Crippen molar-refractivity contribution in [1.29, 1.82) is 0 Å². The van der Waals surface area contributed by atoms with Crippen molar-refractivity contribution < 1.29 is 14.2 Å². The zero-order chi connectivity index (χ0) is 14.1. The van der Waals surface area contributed by atoms with E-state index >= 15 is 0 Å². The monoisotopic (exact) mass is 336 g/mol. The maximum absolute atomic E-state index is 13.1. The molecule has 1 atom stereocenters. The summed E-state index contributed by atoms with van der Waals surface area (Å²) in [4.78, 5) is 0. The van der Waals surface area contributed by atoms with Gasteiger partial charge in [-0.15, -0.1) is 0 Å². The quantitative estimate of drug-likeness (QED) is 0.906. The van der Waals surface area contributed by atoms with Crippen LogP contribution >= 0.6 is 15.9 Å². The average Bonchev–Trinajstić information content (AvgIpc) is 3.22. The van der Waals surface area contributed by atoms with E-state index in [-0.39, 0.29) is 5.82 Å². The fraction of sp³-hybridized carbons (Fsp3) is 0.250. The molecule has 2 aromatic rings. The van der Waals surface area contributed by atoms with Gasteiger partial charge in [0.25, 0.3) is 0 Å². The Labute approximate surface area is 125 Å². The highest BCUT2D eigenvalue weighted by atomic mass is 79.9. The van der Waals surface area contributed by atoms with E-state index in [9.17, 15) is 9.50 Å². The Balaban J connectivity index is 1.86. The van der Waals surface area contributed by atoms with Crippen LogP contribution in [-0.2, 0) is 0 Å². The van der Waals surface area contributed by atoms with Gasteiger partial charge in [-0.1, -0.05) is 34.1 Å². The first-order chi connectivity index (χ1) is 9.63. The minimum atomic E-state index is -0.812. The number of benzene rings is 2. The second-order valence-corrected chi connectivity index (χ2v) is 5.81. The summed E-state index contributed by atoms with van der Waals surface area (Å²) in [7, 11) is 0.